The van der Waals surface area contributed by atoms with Crippen LogP contribution in [-0.4, -0.2) is 276 Å². The molecule has 5 saturated heterocycles. The van der Waals surface area contributed by atoms with Crippen LogP contribution in [0.1, 0.15) is 6.92 Å². The Labute approximate surface area is 340 Å². The molecule has 27 nitrogen and oxygen atoms in total. The molecular weight excluding hydrogens is 826 g/mol. The Bertz CT molecular complexity index is 1340. The summed E-state index contributed by atoms with van der Waals surface area (Å²) in [6, 6.07) is -1.67. The van der Waals surface area contributed by atoms with E-state index in [1.54, 1.807) is 0 Å². The molecule has 1 amide bonds. The molecule has 0 radical (unpaired) electrons. The summed E-state index contributed by atoms with van der Waals surface area (Å²) in [5.41, 5.74) is 0. The standard InChI is InChI=1S/C33H57NO26/c1-8(40)34-14-27(59-31-21(47)18(44)15(41)9(3-35)53-31)16(42)10(4-36)52-29(14)60-28-17(43)11(5-37)54-33(24(28)50)58-26-13(7-39)56-32(23(49)20(26)46)57-25-12(6-38)55-30(51-2)22(48)19(25)45/h9-33,35-39,41-50H,3-7H2,1-2H3,(H,34,40)/t9?,10?,11?,12?,13?,14-,15-,16-,17-,18?,19?,20?,21-,22?,23-,24?,25+,26-,27?,28-,29-,30+,31-,32-,33+/m0/s1. The van der Waals surface area contributed by atoms with Crippen LogP contribution in [-0.2, 0) is 52.2 Å². The predicted molar refractivity (Wildman–Crippen MR) is 183 cm³/mol. The molecule has 0 bridgehead atoms. The average molecular weight is 884 g/mol. The lowest BCUT2D eigenvalue weighted by Gasteiger charge is -2.50. The number of carbonyl (C=O) groups is 1. The Morgan fingerprint density at radius 3 is 1.23 bits per heavy atom. The zero-order valence-electron chi connectivity index (χ0n) is 32.2. The largest absolute Gasteiger partial charge is 0.394 e. The van der Waals surface area contributed by atoms with Gasteiger partial charge in [0.25, 0.3) is 0 Å². The maximum atomic E-state index is 12.4. The third kappa shape index (κ3) is 10.2. The van der Waals surface area contributed by atoms with Crippen LogP contribution in [0, 0.1) is 0 Å². The first-order chi connectivity index (χ1) is 28.5. The second-order valence-electron chi connectivity index (χ2n) is 14.9. The van der Waals surface area contributed by atoms with Crippen LogP contribution in [0.25, 0.3) is 0 Å². The fraction of sp³-hybridized carbons (Fsp3) is 0.970. The van der Waals surface area contributed by atoms with Gasteiger partial charge in [0, 0.05) is 14.0 Å². The second kappa shape index (κ2) is 21.4. The number of amides is 1. The van der Waals surface area contributed by atoms with Crippen LogP contribution in [0.4, 0.5) is 0 Å². The number of ether oxygens (including phenoxy) is 10. The van der Waals surface area contributed by atoms with Crippen LogP contribution in [0.2, 0.25) is 0 Å². The number of hydrogen-bond donors (Lipinski definition) is 16. The third-order valence-corrected chi connectivity index (χ3v) is 10.9. The summed E-state index contributed by atoms with van der Waals surface area (Å²) in [5.74, 6) is -0.799. The lowest BCUT2D eigenvalue weighted by molar-refractivity contribution is -0.388. The molecule has 0 aromatic rings. The van der Waals surface area contributed by atoms with Gasteiger partial charge < -0.3 is 129 Å². The first-order valence-corrected chi connectivity index (χ1v) is 19.0. The predicted octanol–water partition coefficient (Wildman–Crippen LogP) is -11.1. The van der Waals surface area contributed by atoms with Crippen molar-refractivity contribution in [1.82, 2.24) is 5.32 Å². The maximum absolute atomic E-state index is 12.4. The van der Waals surface area contributed by atoms with E-state index in [9.17, 15) is 81.4 Å². The summed E-state index contributed by atoms with van der Waals surface area (Å²) >= 11 is 0. The summed E-state index contributed by atoms with van der Waals surface area (Å²) < 4.78 is 55.7. The monoisotopic (exact) mass is 883 g/mol. The molecule has 5 rings (SSSR count). The lowest BCUT2D eigenvalue weighted by atomic mass is 9.94. The molecular formula is C33H57NO26. The van der Waals surface area contributed by atoms with E-state index in [0.29, 0.717) is 0 Å². The molecule has 350 valence electrons. The Morgan fingerprint density at radius 1 is 0.417 bits per heavy atom. The summed E-state index contributed by atoms with van der Waals surface area (Å²) in [5, 5.41) is 161. The smallest absolute Gasteiger partial charge is 0.217 e. The first-order valence-electron chi connectivity index (χ1n) is 19.0. The van der Waals surface area contributed by atoms with Crippen LogP contribution >= 0.6 is 0 Å². The Morgan fingerprint density at radius 2 is 0.767 bits per heavy atom. The van der Waals surface area contributed by atoms with Gasteiger partial charge in [-0.05, 0) is 0 Å². The van der Waals surface area contributed by atoms with E-state index in [0.717, 1.165) is 6.92 Å². The van der Waals surface area contributed by atoms with Gasteiger partial charge in [-0.25, -0.2) is 0 Å². The van der Waals surface area contributed by atoms with E-state index in [4.69, 9.17) is 47.4 Å². The molecule has 5 heterocycles. The number of aliphatic hydroxyl groups excluding tert-OH is 15. The van der Waals surface area contributed by atoms with E-state index in [1.165, 1.54) is 7.11 Å². The first kappa shape index (κ1) is 49.5. The van der Waals surface area contributed by atoms with E-state index in [-0.39, 0.29) is 0 Å². The molecule has 5 aliphatic heterocycles. The van der Waals surface area contributed by atoms with Crippen LogP contribution in [0.3, 0.4) is 0 Å². The molecule has 16 N–H and O–H groups in total. The molecule has 0 aromatic heterocycles. The minimum absolute atomic E-state index is 0.766. The average Bonchev–Trinajstić information content (AvgIpc) is 3.23. The number of hydrogen-bond acceptors (Lipinski definition) is 26. The van der Waals surface area contributed by atoms with Crippen LogP contribution in [0.5, 0.6) is 0 Å². The van der Waals surface area contributed by atoms with Gasteiger partial charge >= 0.3 is 0 Å². The Balaban J connectivity index is 1.35. The highest BCUT2D eigenvalue weighted by molar-refractivity contribution is 5.73. The number of carbonyl (C=O) groups excluding carboxylic acids is 1. The summed E-state index contributed by atoms with van der Waals surface area (Å²) in [6.45, 7) is -3.45. The fourth-order valence-electron chi connectivity index (χ4n) is 7.61. The van der Waals surface area contributed by atoms with Crippen molar-refractivity contribution in [2.75, 3.05) is 40.1 Å². The van der Waals surface area contributed by atoms with E-state index in [2.05, 4.69) is 5.32 Å². The topological polar surface area (TPSA) is 425 Å². The molecule has 5 fully saturated rings. The number of rotatable bonds is 15. The molecule has 0 saturated carbocycles. The highest BCUT2D eigenvalue weighted by Crippen LogP contribution is 2.36. The molecule has 0 aliphatic carbocycles. The third-order valence-electron chi connectivity index (χ3n) is 10.9. The zero-order chi connectivity index (χ0) is 44.3. The van der Waals surface area contributed by atoms with Crippen molar-refractivity contribution in [2.24, 2.45) is 0 Å². The van der Waals surface area contributed by atoms with Gasteiger partial charge in [0.2, 0.25) is 5.91 Å². The van der Waals surface area contributed by atoms with Gasteiger partial charge in [-0.1, -0.05) is 0 Å². The highest BCUT2D eigenvalue weighted by Gasteiger charge is 2.57. The van der Waals surface area contributed by atoms with Crippen molar-refractivity contribution in [3.8, 4) is 0 Å². The molecule has 0 spiro atoms. The Kier molecular flexibility index (Phi) is 17.7. The van der Waals surface area contributed by atoms with E-state index >= 15 is 0 Å². The highest BCUT2D eigenvalue weighted by atomic mass is 16.8. The van der Waals surface area contributed by atoms with Gasteiger partial charge in [0.15, 0.2) is 31.5 Å². The van der Waals surface area contributed by atoms with Crippen molar-refractivity contribution in [3.05, 3.63) is 0 Å². The van der Waals surface area contributed by atoms with Crippen molar-refractivity contribution < 1.29 is 129 Å². The van der Waals surface area contributed by atoms with Crippen molar-refractivity contribution >= 4 is 5.91 Å². The molecule has 25 atom stereocenters. The van der Waals surface area contributed by atoms with Crippen molar-refractivity contribution in [3.63, 3.8) is 0 Å². The van der Waals surface area contributed by atoms with Gasteiger partial charge in [-0.2, -0.15) is 0 Å². The summed E-state index contributed by atoms with van der Waals surface area (Å²) in [6.07, 6.45) is -43.0. The lowest BCUT2D eigenvalue weighted by Crippen LogP contribution is -2.70. The molecule has 0 aromatic carbocycles. The minimum atomic E-state index is -2.14. The zero-order valence-corrected chi connectivity index (χ0v) is 32.2. The van der Waals surface area contributed by atoms with Gasteiger partial charge in [0.1, 0.15) is 122 Å². The normalized spacial score (nSPS) is 50.3. The summed E-state index contributed by atoms with van der Waals surface area (Å²) in [7, 11) is 1.17. The number of nitrogens with one attached hydrogen (secondary N) is 1. The van der Waals surface area contributed by atoms with Crippen LogP contribution < -0.4 is 5.32 Å². The van der Waals surface area contributed by atoms with Gasteiger partial charge in [-0.3, -0.25) is 4.79 Å². The minimum Gasteiger partial charge on any atom is -0.394 e. The van der Waals surface area contributed by atoms with E-state index < -0.39 is 192 Å². The maximum Gasteiger partial charge on any atom is 0.217 e. The van der Waals surface area contributed by atoms with E-state index in [1.807, 2.05) is 0 Å². The quantitative estimate of drug-likeness (QED) is 0.0726. The molecule has 5 aliphatic rings. The second-order valence-corrected chi connectivity index (χ2v) is 14.9. The fourth-order valence-corrected chi connectivity index (χ4v) is 7.61. The molecule has 60 heavy (non-hydrogen) atoms. The van der Waals surface area contributed by atoms with Crippen molar-refractivity contribution in [1.29, 1.82) is 0 Å². The molecule has 27 heteroatoms. The van der Waals surface area contributed by atoms with Gasteiger partial charge in [0.05, 0.1) is 33.0 Å². The SMILES string of the molecule is CO[C@@H]1OC(CO)[C@@H](O[C@@H]2OC(CO)[C@H](O[C@H]3OC(CO)[C@H](O)[C@H](O[C@@H]4OC(CO)[C@H](O)C(O[C@@H]5OC(CO)[C@H](O)C(O)[C@@H]5O)[C@@H]4NC(C)=O)C3O)C(O)[C@@H]2O)C(O)C1O. The number of methoxy groups -OCH3 is 1. The summed E-state index contributed by atoms with van der Waals surface area (Å²) in [4.78, 5) is 12.4. The molecule has 11 unspecified atom stereocenters. The Hall–Kier alpha value is -1.53. The van der Waals surface area contributed by atoms with Crippen molar-refractivity contribution in [2.45, 2.75) is 160 Å². The van der Waals surface area contributed by atoms with Gasteiger partial charge in [-0.15, -0.1) is 0 Å². The van der Waals surface area contributed by atoms with Crippen LogP contribution in [0.15, 0.2) is 0 Å². The number of aliphatic hydroxyl groups is 15.